The van der Waals surface area contributed by atoms with Crippen LogP contribution in [0.1, 0.15) is 12.7 Å². The first-order chi connectivity index (χ1) is 6.58. The zero-order valence-electron chi connectivity index (χ0n) is 7.84. The Morgan fingerprint density at radius 1 is 1.71 bits per heavy atom. The lowest BCUT2D eigenvalue weighted by Crippen LogP contribution is -2.33. The summed E-state index contributed by atoms with van der Waals surface area (Å²) in [6.07, 6.45) is 0.626. The third-order valence-electron chi connectivity index (χ3n) is 2.64. The van der Waals surface area contributed by atoms with Gasteiger partial charge in [-0.25, -0.2) is 4.68 Å². The van der Waals surface area contributed by atoms with Crippen LogP contribution in [0.5, 0.6) is 0 Å². The zero-order chi connectivity index (χ0) is 10.3. The molecule has 0 fully saturated rings. The van der Waals surface area contributed by atoms with Crippen LogP contribution >= 0.6 is 0 Å². The smallest absolute Gasteiger partial charge is 0.308 e. The number of nitrogen functional groups attached to an aromatic ring is 1. The van der Waals surface area contributed by atoms with Crippen molar-refractivity contribution >= 4 is 11.9 Å². The van der Waals surface area contributed by atoms with Crippen molar-refractivity contribution in [2.24, 2.45) is 11.8 Å². The van der Waals surface area contributed by atoms with Gasteiger partial charge in [0.05, 0.1) is 12.5 Å². The Morgan fingerprint density at radius 3 is 3.07 bits per heavy atom. The van der Waals surface area contributed by atoms with Crippen LogP contribution in [-0.4, -0.2) is 25.8 Å². The molecule has 1 aromatic rings. The van der Waals surface area contributed by atoms with Gasteiger partial charge in [0.25, 0.3) is 0 Å². The maximum Gasteiger partial charge on any atom is 0.308 e. The molecule has 1 aliphatic rings. The van der Waals surface area contributed by atoms with Crippen LogP contribution in [0, 0.1) is 11.8 Å². The summed E-state index contributed by atoms with van der Waals surface area (Å²) < 4.78 is 1.59. The molecular weight excluding hydrogens is 184 g/mol. The van der Waals surface area contributed by atoms with E-state index in [9.17, 15) is 4.79 Å². The van der Waals surface area contributed by atoms with Gasteiger partial charge in [-0.05, 0) is 5.92 Å². The van der Waals surface area contributed by atoms with E-state index >= 15 is 0 Å². The van der Waals surface area contributed by atoms with Crippen molar-refractivity contribution in [3.63, 3.8) is 0 Å². The van der Waals surface area contributed by atoms with Gasteiger partial charge in [0.15, 0.2) is 0 Å². The summed E-state index contributed by atoms with van der Waals surface area (Å²) in [5.74, 6) is -0.0739. The van der Waals surface area contributed by atoms with Crippen molar-refractivity contribution in [2.75, 3.05) is 5.73 Å². The molecule has 0 saturated heterocycles. The van der Waals surface area contributed by atoms with E-state index in [0.29, 0.717) is 13.0 Å². The molecule has 0 aliphatic carbocycles. The average Bonchev–Trinajstić information content (AvgIpc) is 2.42. The number of fused-ring (bicyclic) bond motifs is 1. The number of nitrogens with two attached hydrogens (primary N) is 1. The van der Waals surface area contributed by atoms with Crippen molar-refractivity contribution in [1.29, 1.82) is 0 Å². The van der Waals surface area contributed by atoms with Gasteiger partial charge in [0.1, 0.15) is 5.82 Å². The standard InChI is InChI=1S/C8H12N4O2/c1-4-2-6-10-8(9)11-12(6)3-5(4)7(13)14/h4-5H,2-3H2,1H3,(H2,9,11)(H,13,14). The van der Waals surface area contributed by atoms with Gasteiger partial charge in [-0.1, -0.05) is 6.92 Å². The second-order valence-electron chi connectivity index (χ2n) is 3.69. The lowest BCUT2D eigenvalue weighted by Gasteiger charge is -2.25. The second-order valence-corrected chi connectivity index (χ2v) is 3.69. The molecule has 2 unspecified atom stereocenters. The largest absolute Gasteiger partial charge is 0.481 e. The molecular formula is C8H12N4O2. The molecule has 1 aromatic heterocycles. The second kappa shape index (κ2) is 2.97. The molecule has 6 nitrogen and oxygen atoms in total. The van der Waals surface area contributed by atoms with E-state index in [2.05, 4.69) is 10.1 Å². The lowest BCUT2D eigenvalue weighted by atomic mass is 9.88. The Balaban J connectivity index is 2.30. The van der Waals surface area contributed by atoms with Gasteiger partial charge in [-0.3, -0.25) is 4.79 Å². The summed E-state index contributed by atoms with van der Waals surface area (Å²) >= 11 is 0. The summed E-state index contributed by atoms with van der Waals surface area (Å²) in [4.78, 5) is 14.9. The van der Waals surface area contributed by atoms with Crippen molar-refractivity contribution in [2.45, 2.75) is 19.9 Å². The Morgan fingerprint density at radius 2 is 2.43 bits per heavy atom. The molecule has 2 heterocycles. The maximum absolute atomic E-state index is 10.9. The monoisotopic (exact) mass is 196 g/mol. The molecule has 6 heteroatoms. The molecule has 76 valence electrons. The summed E-state index contributed by atoms with van der Waals surface area (Å²) in [5, 5.41) is 12.9. The highest BCUT2D eigenvalue weighted by atomic mass is 16.4. The summed E-state index contributed by atoms with van der Waals surface area (Å²) in [7, 11) is 0. The third kappa shape index (κ3) is 1.32. The minimum atomic E-state index is -0.780. The third-order valence-corrected chi connectivity index (χ3v) is 2.64. The predicted octanol–water partition coefficient (Wildman–Crippen LogP) is -0.247. The number of anilines is 1. The Bertz CT molecular complexity index is 373. The van der Waals surface area contributed by atoms with E-state index in [-0.39, 0.29) is 17.8 Å². The van der Waals surface area contributed by atoms with Gasteiger partial charge in [0.2, 0.25) is 5.95 Å². The van der Waals surface area contributed by atoms with Crippen molar-refractivity contribution in [3.05, 3.63) is 5.82 Å². The van der Waals surface area contributed by atoms with Gasteiger partial charge in [0, 0.05) is 6.42 Å². The first-order valence-corrected chi connectivity index (χ1v) is 4.50. The van der Waals surface area contributed by atoms with E-state index in [0.717, 1.165) is 5.82 Å². The SMILES string of the molecule is CC1Cc2nc(N)nn2CC1C(=O)O. The van der Waals surface area contributed by atoms with Crippen LogP contribution in [0.3, 0.4) is 0 Å². The number of hydrogen-bond acceptors (Lipinski definition) is 4. The zero-order valence-corrected chi connectivity index (χ0v) is 7.84. The highest BCUT2D eigenvalue weighted by Gasteiger charge is 2.32. The molecule has 0 spiro atoms. The summed E-state index contributed by atoms with van der Waals surface area (Å²) in [6, 6.07) is 0. The quantitative estimate of drug-likeness (QED) is 0.646. The highest BCUT2D eigenvalue weighted by Crippen LogP contribution is 2.24. The first-order valence-electron chi connectivity index (χ1n) is 4.50. The number of carbonyl (C=O) groups is 1. The van der Waals surface area contributed by atoms with Crippen molar-refractivity contribution < 1.29 is 9.90 Å². The normalized spacial score (nSPS) is 25.8. The molecule has 0 aromatic carbocycles. The van der Waals surface area contributed by atoms with Gasteiger partial charge < -0.3 is 10.8 Å². The van der Waals surface area contributed by atoms with E-state index in [1.165, 1.54) is 0 Å². The Hall–Kier alpha value is -1.59. The topological polar surface area (TPSA) is 94.0 Å². The summed E-state index contributed by atoms with van der Waals surface area (Å²) in [6.45, 7) is 2.28. The molecule has 3 N–H and O–H groups in total. The number of aromatic nitrogens is 3. The van der Waals surface area contributed by atoms with Crippen LogP contribution in [0.15, 0.2) is 0 Å². The van der Waals surface area contributed by atoms with Crippen LogP contribution in [0.4, 0.5) is 5.95 Å². The fraction of sp³-hybridized carbons (Fsp3) is 0.625. The van der Waals surface area contributed by atoms with Crippen molar-refractivity contribution in [1.82, 2.24) is 14.8 Å². The highest BCUT2D eigenvalue weighted by molar-refractivity contribution is 5.70. The molecule has 0 amide bonds. The molecule has 14 heavy (non-hydrogen) atoms. The number of carboxylic acids is 1. The van der Waals surface area contributed by atoms with Crippen molar-refractivity contribution in [3.8, 4) is 0 Å². The minimum absolute atomic E-state index is 0.0867. The number of rotatable bonds is 1. The van der Waals surface area contributed by atoms with Crippen LogP contribution in [0.25, 0.3) is 0 Å². The Labute approximate surface area is 80.7 Å². The molecule has 0 bridgehead atoms. The number of nitrogens with zero attached hydrogens (tertiary/aromatic N) is 3. The van der Waals surface area contributed by atoms with Gasteiger partial charge in [-0.15, -0.1) is 5.10 Å². The van der Waals surface area contributed by atoms with E-state index < -0.39 is 5.97 Å². The number of aliphatic carboxylic acids is 1. The first kappa shape index (κ1) is 8.98. The van der Waals surface area contributed by atoms with E-state index in [1.54, 1.807) is 4.68 Å². The van der Waals surface area contributed by atoms with Crippen LogP contribution in [0.2, 0.25) is 0 Å². The molecule has 0 radical (unpaired) electrons. The number of carboxylic acid groups (broad SMARTS) is 1. The van der Waals surface area contributed by atoms with Crippen LogP contribution < -0.4 is 5.73 Å². The molecule has 2 atom stereocenters. The lowest BCUT2D eigenvalue weighted by molar-refractivity contribution is -0.144. The maximum atomic E-state index is 10.9. The predicted molar refractivity (Wildman–Crippen MR) is 48.4 cm³/mol. The number of hydrogen-bond donors (Lipinski definition) is 2. The fourth-order valence-corrected chi connectivity index (χ4v) is 1.81. The minimum Gasteiger partial charge on any atom is -0.481 e. The molecule has 1 aliphatic heterocycles. The van der Waals surface area contributed by atoms with Gasteiger partial charge in [-0.2, -0.15) is 4.98 Å². The van der Waals surface area contributed by atoms with E-state index in [1.807, 2.05) is 6.92 Å². The van der Waals surface area contributed by atoms with E-state index in [4.69, 9.17) is 10.8 Å². The molecule has 2 rings (SSSR count). The van der Waals surface area contributed by atoms with Gasteiger partial charge >= 0.3 is 5.97 Å². The fourth-order valence-electron chi connectivity index (χ4n) is 1.81. The van der Waals surface area contributed by atoms with Crippen LogP contribution in [-0.2, 0) is 17.8 Å². The average molecular weight is 196 g/mol. The molecule has 0 saturated carbocycles. The Kier molecular flexibility index (Phi) is 1.90. The summed E-state index contributed by atoms with van der Waals surface area (Å²) in [5.41, 5.74) is 5.43.